The normalized spacial score (nSPS) is 18.6. The minimum atomic E-state index is -0.119. The molecule has 28 heavy (non-hydrogen) atoms. The van der Waals surface area contributed by atoms with Gasteiger partial charge in [-0.15, -0.1) is 11.8 Å². The summed E-state index contributed by atoms with van der Waals surface area (Å²) in [6, 6.07) is 20.7. The van der Waals surface area contributed by atoms with E-state index in [1.807, 2.05) is 36.4 Å². The molecule has 0 aliphatic carbocycles. The minimum Gasteiger partial charge on any atom is -0.486 e. The fourth-order valence-corrected chi connectivity index (χ4v) is 4.80. The molecule has 0 radical (unpaired) electrons. The van der Waals surface area contributed by atoms with E-state index in [4.69, 9.17) is 4.74 Å². The summed E-state index contributed by atoms with van der Waals surface area (Å²) >= 11 is 1.69. The highest BCUT2D eigenvalue weighted by Crippen LogP contribution is 2.34. The maximum Gasteiger partial charge on any atom is 0.287 e. The topological polar surface area (TPSA) is 41.6 Å². The first kappa shape index (κ1) is 19.1. The second-order valence-corrected chi connectivity index (χ2v) is 8.21. The molecule has 0 bridgehead atoms. The smallest absolute Gasteiger partial charge is 0.287 e. The molecule has 0 spiro atoms. The van der Waals surface area contributed by atoms with Crippen molar-refractivity contribution in [2.24, 2.45) is 0 Å². The van der Waals surface area contributed by atoms with Gasteiger partial charge < -0.3 is 10.1 Å². The summed E-state index contributed by atoms with van der Waals surface area (Å²) < 4.78 is 5.80. The molecule has 1 amide bonds. The molecule has 2 aromatic carbocycles. The summed E-state index contributed by atoms with van der Waals surface area (Å²) in [7, 11) is 0. The van der Waals surface area contributed by atoms with E-state index >= 15 is 0 Å². The molecule has 4 rings (SSSR count). The number of nitrogens with one attached hydrogen (secondary N) is 1. The van der Waals surface area contributed by atoms with Crippen LogP contribution in [0.4, 0.5) is 0 Å². The summed E-state index contributed by atoms with van der Waals surface area (Å²) in [4.78, 5) is 16.4. The number of benzene rings is 2. The zero-order valence-corrected chi connectivity index (χ0v) is 16.8. The van der Waals surface area contributed by atoms with Crippen molar-refractivity contribution < 1.29 is 9.53 Å². The van der Waals surface area contributed by atoms with Gasteiger partial charge in [-0.1, -0.05) is 60.7 Å². The average Bonchev–Trinajstić information content (AvgIpc) is 3.30. The SMILES string of the molecule is O=C(NCC(c1ccccc1)N1CCCC1)C1=C(c2ccccc2)SCCO1. The van der Waals surface area contributed by atoms with Crippen LogP contribution >= 0.6 is 11.8 Å². The number of carbonyl (C=O) groups excluding carboxylic acids is 1. The second kappa shape index (κ2) is 9.30. The third kappa shape index (κ3) is 4.42. The van der Waals surface area contributed by atoms with Gasteiger partial charge in [0.15, 0.2) is 5.76 Å². The predicted octanol–water partition coefficient (Wildman–Crippen LogP) is 4.07. The van der Waals surface area contributed by atoms with E-state index in [1.165, 1.54) is 18.4 Å². The first-order valence-electron chi connectivity index (χ1n) is 9.95. The Hall–Kier alpha value is -2.24. The van der Waals surface area contributed by atoms with Crippen LogP contribution in [-0.4, -0.2) is 42.8 Å². The van der Waals surface area contributed by atoms with E-state index in [0.29, 0.717) is 18.9 Å². The molecule has 1 atom stereocenters. The molecule has 2 aliphatic rings. The first-order chi connectivity index (χ1) is 13.8. The largest absolute Gasteiger partial charge is 0.486 e. The predicted molar refractivity (Wildman–Crippen MR) is 115 cm³/mol. The Kier molecular flexibility index (Phi) is 6.34. The zero-order chi connectivity index (χ0) is 19.2. The van der Waals surface area contributed by atoms with Crippen molar-refractivity contribution >= 4 is 22.6 Å². The zero-order valence-electron chi connectivity index (χ0n) is 16.0. The Balaban J connectivity index is 1.52. The summed E-state index contributed by atoms with van der Waals surface area (Å²) in [5.74, 6) is 1.20. The van der Waals surface area contributed by atoms with Gasteiger partial charge in [-0.05, 0) is 37.1 Å². The Morgan fingerprint density at radius 3 is 2.43 bits per heavy atom. The number of likely N-dealkylation sites (tertiary alicyclic amines) is 1. The number of amides is 1. The lowest BCUT2D eigenvalue weighted by Crippen LogP contribution is -2.38. The lowest BCUT2D eigenvalue weighted by atomic mass is 10.1. The van der Waals surface area contributed by atoms with Gasteiger partial charge in [0, 0.05) is 12.3 Å². The van der Waals surface area contributed by atoms with Crippen LogP contribution in [0.15, 0.2) is 66.4 Å². The number of hydrogen-bond donors (Lipinski definition) is 1. The molecule has 4 nitrogen and oxygen atoms in total. The van der Waals surface area contributed by atoms with Crippen LogP contribution in [0, 0.1) is 0 Å². The summed E-state index contributed by atoms with van der Waals surface area (Å²) in [5, 5.41) is 3.15. The van der Waals surface area contributed by atoms with Crippen LogP contribution in [0.1, 0.15) is 30.0 Å². The van der Waals surface area contributed by atoms with Gasteiger partial charge in [0.1, 0.15) is 0 Å². The Labute approximate surface area is 171 Å². The molecule has 1 N–H and O–H groups in total. The molecular weight excluding hydrogens is 368 g/mol. The van der Waals surface area contributed by atoms with Crippen LogP contribution in [0.2, 0.25) is 0 Å². The Bertz CT molecular complexity index is 817. The van der Waals surface area contributed by atoms with Crippen LogP contribution in [0.25, 0.3) is 4.91 Å². The van der Waals surface area contributed by atoms with Crippen LogP contribution < -0.4 is 5.32 Å². The fourth-order valence-electron chi connectivity index (χ4n) is 3.85. The average molecular weight is 395 g/mol. The number of thioether (sulfide) groups is 1. The second-order valence-electron chi connectivity index (χ2n) is 7.10. The minimum absolute atomic E-state index is 0.119. The summed E-state index contributed by atoms with van der Waals surface area (Å²) in [5.41, 5.74) is 2.29. The first-order valence-corrected chi connectivity index (χ1v) is 10.9. The molecule has 5 heteroatoms. The van der Waals surface area contributed by atoms with Crippen LogP contribution in [0.3, 0.4) is 0 Å². The molecule has 2 aliphatic heterocycles. The Morgan fingerprint density at radius 1 is 1.04 bits per heavy atom. The molecule has 1 saturated heterocycles. The highest BCUT2D eigenvalue weighted by molar-refractivity contribution is 8.08. The van der Waals surface area contributed by atoms with Gasteiger partial charge in [0.2, 0.25) is 0 Å². The number of nitrogens with zero attached hydrogens (tertiary/aromatic N) is 1. The molecule has 2 aromatic rings. The fraction of sp³-hybridized carbons (Fsp3) is 0.348. The van der Waals surface area contributed by atoms with E-state index in [2.05, 4.69) is 34.5 Å². The maximum atomic E-state index is 13.0. The van der Waals surface area contributed by atoms with Crippen molar-refractivity contribution in [2.45, 2.75) is 18.9 Å². The van der Waals surface area contributed by atoms with Gasteiger partial charge in [0.05, 0.1) is 17.6 Å². The number of rotatable bonds is 6. The lowest BCUT2D eigenvalue weighted by molar-refractivity contribution is -0.121. The van der Waals surface area contributed by atoms with Crippen molar-refractivity contribution in [3.63, 3.8) is 0 Å². The molecule has 1 unspecified atom stereocenters. The van der Waals surface area contributed by atoms with E-state index < -0.39 is 0 Å². The maximum absolute atomic E-state index is 13.0. The van der Waals surface area contributed by atoms with E-state index in [0.717, 1.165) is 29.3 Å². The molecule has 2 heterocycles. The molecule has 0 aromatic heterocycles. The third-order valence-corrected chi connectivity index (χ3v) is 6.33. The number of ether oxygens (including phenoxy) is 1. The highest BCUT2D eigenvalue weighted by Gasteiger charge is 2.27. The van der Waals surface area contributed by atoms with Gasteiger partial charge in [0.25, 0.3) is 5.91 Å². The van der Waals surface area contributed by atoms with Gasteiger partial charge in [-0.25, -0.2) is 0 Å². The number of carbonyl (C=O) groups is 1. The quantitative estimate of drug-likeness (QED) is 0.802. The van der Waals surface area contributed by atoms with Crippen LogP contribution in [0.5, 0.6) is 0 Å². The van der Waals surface area contributed by atoms with Crippen molar-refractivity contribution in [3.05, 3.63) is 77.5 Å². The van der Waals surface area contributed by atoms with E-state index in [-0.39, 0.29) is 11.9 Å². The van der Waals surface area contributed by atoms with E-state index in [9.17, 15) is 4.79 Å². The van der Waals surface area contributed by atoms with Gasteiger partial charge in [-0.3, -0.25) is 9.69 Å². The summed E-state index contributed by atoms with van der Waals surface area (Å²) in [6.45, 7) is 3.32. The van der Waals surface area contributed by atoms with E-state index in [1.54, 1.807) is 11.8 Å². The van der Waals surface area contributed by atoms with Crippen molar-refractivity contribution in [3.8, 4) is 0 Å². The standard InChI is InChI=1S/C23H26N2O2S/c26-23(21-22(28-16-15-27-21)19-11-5-2-6-12-19)24-17-20(25-13-7-8-14-25)18-9-3-1-4-10-18/h1-6,9-12,20H,7-8,13-17H2,(H,24,26). The van der Waals surface area contributed by atoms with Crippen molar-refractivity contribution in [1.29, 1.82) is 0 Å². The summed E-state index contributed by atoms with van der Waals surface area (Å²) in [6.07, 6.45) is 2.45. The third-order valence-electron chi connectivity index (χ3n) is 5.25. The molecule has 146 valence electrons. The highest BCUT2D eigenvalue weighted by atomic mass is 32.2. The molecular formula is C23H26N2O2S. The number of hydrogen-bond acceptors (Lipinski definition) is 4. The Morgan fingerprint density at radius 2 is 1.71 bits per heavy atom. The van der Waals surface area contributed by atoms with Crippen molar-refractivity contribution in [2.75, 3.05) is 32.0 Å². The molecule has 0 saturated carbocycles. The van der Waals surface area contributed by atoms with Crippen LogP contribution in [-0.2, 0) is 9.53 Å². The lowest BCUT2D eigenvalue weighted by Gasteiger charge is -2.29. The molecule has 1 fully saturated rings. The monoisotopic (exact) mass is 394 g/mol. The van der Waals surface area contributed by atoms with Gasteiger partial charge >= 0.3 is 0 Å². The van der Waals surface area contributed by atoms with Crippen molar-refractivity contribution in [1.82, 2.24) is 10.2 Å². The van der Waals surface area contributed by atoms with Gasteiger partial charge in [-0.2, -0.15) is 0 Å².